The molecule has 0 saturated carbocycles. The Hall–Kier alpha value is -1.60. The molecular weight excluding hydrogens is 419 g/mol. The third-order valence-corrected chi connectivity index (χ3v) is 5.98. The molecule has 3 N–H and O–H groups in total. The van der Waals surface area contributed by atoms with Gasteiger partial charge in [0, 0.05) is 23.6 Å². The molecule has 28 heavy (non-hydrogen) atoms. The molecule has 0 aliphatic carbocycles. The number of carboxylic acids is 1. The minimum atomic E-state index is -1.53. The predicted octanol–water partition coefficient (Wildman–Crippen LogP) is -4.76. The molecule has 1 fully saturated rings. The fourth-order valence-corrected chi connectivity index (χ4v) is 4.65. The number of hydrogen-bond acceptors (Lipinski definition) is 10. The maximum atomic E-state index is 12.4. The van der Waals surface area contributed by atoms with Crippen molar-refractivity contribution < 1.29 is 58.6 Å². The minimum absolute atomic E-state index is 0. The molecule has 2 aliphatic heterocycles. The number of nitrogens with one attached hydrogen (secondary N) is 1. The first-order valence-corrected chi connectivity index (χ1v) is 9.71. The van der Waals surface area contributed by atoms with Gasteiger partial charge in [-0.2, -0.15) is 0 Å². The number of carbonyl (C=O) groups is 4. The first-order chi connectivity index (χ1) is 12.8. The number of ether oxygens (including phenoxy) is 1. The molecule has 3 rings (SSSR count). The van der Waals surface area contributed by atoms with Gasteiger partial charge in [0.15, 0.2) is 5.13 Å². The molecule has 1 saturated heterocycles. The van der Waals surface area contributed by atoms with Crippen LogP contribution in [0.1, 0.15) is 12.6 Å². The van der Waals surface area contributed by atoms with Crippen molar-refractivity contribution >= 4 is 52.0 Å². The van der Waals surface area contributed by atoms with Crippen molar-refractivity contribution in [2.45, 2.75) is 24.8 Å². The van der Waals surface area contributed by atoms with Crippen molar-refractivity contribution in [3.63, 3.8) is 0 Å². The number of rotatable bonds is 6. The smallest absolute Gasteiger partial charge is 0.543 e. The standard InChI is InChI=1S/C15H16N4O6S2.Na/c1-6(20)25-3-7-4-26-13-10(12(22)19(13)11(7)14(23)24)18-9(21)2-8-5-27-15(16)17-8;/h5,10,13H,2-4H2,1H3,(H2,16,17)(H,18,21)(H,23,24);/q;+1/p-1/t10?,13-;/m0./s1. The fourth-order valence-electron chi connectivity index (χ4n) is 2.76. The molecule has 1 aromatic rings. The molecule has 144 valence electrons. The molecule has 2 amide bonds. The predicted molar refractivity (Wildman–Crippen MR) is 93.9 cm³/mol. The number of nitrogens with zero attached hydrogens (tertiary/aromatic N) is 2. The van der Waals surface area contributed by atoms with Crippen molar-refractivity contribution in [3.8, 4) is 0 Å². The number of amides is 2. The van der Waals surface area contributed by atoms with E-state index in [-0.39, 0.29) is 59.6 Å². The van der Waals surface area contributed by atoms with E-state index in [1.54, 1.807) is 5.38 Å². The Kier molecular flexibility index (Phi) is 7.51. The van der Waals surface area contributed by atoms with Gasteiger partial charge in [-0.25, -0.2) is 4.98 Å². The third kappa shape index (κ3) is 4.69. The number of nitrogens with two attached hydrogens (primary N) is 1. The number of thioether (sulfide) groups is 1. The average Bonchev–Trinajstić information content (AvgIpc) is 3.01. The molecule has 0 bridgehead atoms. The number of carbonyl (C=O) groups excluding carboxylic acids is 4. The number of aromatic nitrogens is 1. The van der Waals surface area contributed by atoms with E-state index in [2.05, 4.69) is 10.3 Å². The van der Waals surface area contributed by atoms with E-state index in [1.807, 2.05) is 0 Å². The van der Waals surface area contributed by atoms with E-state index in [4.69, 9.17) is 10.5 Å². The number of aliphatic carboxylic acids is 1. The average molecular weight is 434 g/mol. The van der Waals surface area contributed by atoms with Crippen molar-refractivity contribution in [2.24, 2.45) is 0 Å². The molecule has 2 atom stereocenters. The molecule has 3 heterocycles. The SMILES string of the molecule is CC(=O)OCC1=C(C(=O)[O-])N2C(=O)C(NC(=O)Cc3csc(N)n3)[C@@H]2SC1.[Na+]. The van der Waals surface area contributed by atoms with Gasteiger partial charge >= 0.3 is 35.5 Å². The fraction of sp³-hybridized carbons (Fsp3) is 0.400. The zero-order chi connectivity index (χ0) is 19.7. The summed E-state index contributed by atoms with van der Waals surface area (Å²) in [7, 11) is 0. The topological polar surface area (TPSA) is 155 Å². The minimum Gasteiger partial charge on any atom is -0.543 e. The Bertz CT molecular complexity index is 857. The van der Waals surface area contributed by atoms with Crippen LogP contribution in [-0.2, 0) is 30.3 Å². The molecule has 13 heteroatoms. The first kappa shape index (κ1) is 22.7. The zero-order valence-corrected chi connectivity index (χ0v) is 18.7. The molecule has 1 aromatic heterocycles. The van der Waals surface area contributed by atoms with Gasteiger partial charge in [0.05, 0.1) is 23.8 Å². The Balaban J connectivity index is 0.00000280. The number of anilines is 1. The summed E-state index contributed by atoms with van der Waals surface area (Å²) in [6.07, 6.45) is -0.0320. The normalized spacial score (nSPS) is 20.6. The van der Waals surface area contributed by atoms with Crippen LogP contribution in [0, 0.1) is 0 Å². The molecule has 1 unspecified atom stereocenters. The van der Waals surface area contributed by atoms with Crippen LogP contribution < -0.4 is 45.7 Å². The van der Waals surface area contributed by atoms with E-state index in [0.717, 1.165) is 4.90 Å². The second-order valence-corrected chi connectivity index (χ2v) is 7.82. The largest absolute Gasteiger partial charge is 1.00 e. The van der Waals surface area contributed by atoms with E-state index in [1.165, 1.54) is 30.0 Å². The number of thiazole rings is 1. The molecule has 0 aromatic carbocycles. The van der Waals surface area contributed by atoms with Gasteiger partial charge in [-0.3, -0.25) is 19.3 Å². The number of carboxylic acid groups (broad SMARTS) is 1. The second kappa shape index (κ2) is 9.27. The summed E-state index contributed by atoms with van der Waals surface area (Å²) >= 11 is 2.48. The number of hydrogen-bond donors (Lipinski definition) is 2. The van der Waals surface area contributed by atoms with Crippen LogP contribution in [0.4, 0.5) is 5.13 Å². The van der Waals surface area contributed by atoms with Gasteiger partial charge < -0.3 is 25.7 Å². The van der Waals surface area contributed by atoms with E-state index < -0.39 is 35.2 Å². The van der Waals surface area contributed by atoms with E-state index in [0.29, 0.717) is 10.8 Å². The van der Waals surface area contributed by atoms with Crippen LogP contribution >= 0.6 is 23.1 Å². The van der Waals surface area contributed by atoms with Crippen LogP contribution in [0.15, 0.2) is 16.7 Å². The summed E-state index contributed by atoms with van der Waals surface area (Å²) in [5, 5.41) is 15.5. The Labute approximate surface area is 190 Å². The molecule has 10 nitrogen and oxygen atoms in total. The van der Waals surface area contributed by atoms with Gasteiger partial charge in [-0.15, -0.1) is 23.1 Å². The van der Waals surface area contributed by atoms with Crippen LogP contribution in [0.2, 0.25) is 0 Å². The summed E-state index contributed by atoms with van der Waals surface area (Å²) in [4.78, 5) is 52.1. The van der Waals surface area contributed by atoms with Crippen molar-refractivity contribution in [1.29, 1.82) is 0 Å². The van der Waals surface area contributed by atoms with Crippen LogP contribution in [0.5, 0.6) is 0 Å². The third-order valence-electron chi connectivity index (χ3n) is 3.92. The zero-order valence-electron chi connectivity index (χ0n) is 15.1. The van der Waals surface area contributed by atoms with Gasteiger partial charge in [-0.1, -0.05) is 0 Å². The number of nitrogen functional groups attached to an aromatic ring is 1. The molecular formula is C15H15N4NaO6S2. The Morgan fingerprint density at radius 3 is 2.75 bits per heavy atom. The number of β-lactam (4-membered cyclic amide) rings is 1. The van der Waals surface area contributed by atoms with Gasteiger partial charge in [0.25, 0.3) is 5.91 Å². The second-order valence-electron chi connectivity index (χ2n) is 5.83. The quantitative estimate of drug-likeness (QED) is 0.255. The molecule has 0 radical (unpaired) electrons. The molecule has 0 spiro atoms. The van der Waals surface area contributed by atoms with Crippen molar-refractivity contribution in [1.82, 2.24) is 15.2 Å². The Morgan fingerprint density at radius 2 is 2.18 bits per heavy atom. The monoisotopic (exact) mass is 434 g/mol. The van der Waals surface area contributed by atoms with Gasteiger partial charge in [0.1, 0.15) is 18.0 Å². The van der Waals surface area contributed by atoms with Gasteiger partial charge in [0.2, 0.25) is 5.91 Å². The summed E-state index contributed by atoms with van der Waals surface area (Å²) in [5.74, 6) is -2.82. The van der Waals surface area contributed by atoms with E-state index in [9.17, 15) is 24.3 Å². The first-order valence-electron chi connectivity index (χ1n) is 7.78. The summed E-state index contributed by atoms with van der Waals surface area (Å²) < 4.78 is 4.84. The van der Waals surface area contributed by atoms with Crippen molar-refractivity contribution in [2.75, 3.05) is 18.1 Å². The van der Waals surface area contributed by atoms with Crippen LogP contribution in [0.25, 0.3) is 0 Å². The van der Waals surface area contributed by atoms with Crippen LogP contribution in [-0.4, -0.2) is 57.4 Å². The number of fused-ring (bicyclic) bond motifs is 1. The van der Waals surface area contributed by atoms with Crippen molar-refractivity contribution in [3.05, 3.63) is 22.3 Å². The molecule has 2 aliphatic rings. The van der Waals surface area contributed by atoms with Crippen LogP contribution in [0.3, 0.4) is 0 Å². The summed E-state index contributed by atoms with van der Waals surface area (Å²) in [6, 6.07) is -0.844. The maximum absolute atomic E-state index is 12.4. The summed E-state index contributed by atoms with van der Waals surface area (Å²) in [6.45, 7) is 0.971. The summed E-state index contributed by atoms with van der Waals surface area (Å²) in [5.41, 5.74) is 5.99. The Morgan fingerprint density at radius 1 is 1.46 bits per heavy atom. The number of esters is 1. The van der Waals surface area contributed by atoms with E-state index >= 15 is 0 Å². The maximum Gasteiger partial charge on any atom is 1.00 e. The van der Waals surface area contributed by atoms with Gasteiger partial charge in [-0.05, 0) is 0 Å².